The first-order valence-electron chi connectivity index (χ1n) is 7.87. The van der Waals surface area contributed by atoms with Crippen LogP contribution >= 0.6 is 0 Å². The lowest BCUT2D eigenvalue weighted by molar-refractivity contribution is 0.188. The number of benzene rings is 1. The molecule has 1 aliphatic rings. The van der Waals surface area contributed by atoms with Crippen LogP contribution in [0.4, 0.5) is 4.39 Å². The van der Waals surface area contributed by atoms with Crippen molar-refractivity contribution in [3.63, 3.8) is 0 Å². The first-order chi connectivity index (χ1) is 9.61. The highest BCUT2D eigenvalue weighted by Crippen LogP contribution is 2.25. The van der Waals surface area contributed by atoms with Gasteiger partial charge in [-0.05, 0) is 62.9 Å². The minimum atomic E-state index is -0.200. The fraction of sp³-hybridized carbons (Fsp3) is 0.647. The van der Waals surface area contributed by atoms with Crippen LogP contribution in [0.5, 0.6) is 0 Å². The normalized spacial score (nSPS) is 24.1. The maximum atomic E-state index is 13.0. The van der Waals surface area contributed by atoms with Crippen LogP contribution in [0.15, 0.2) is 24.3 Å². The molecule has 0 radical (unpaired) electrons. The van der Waals surface area contributed by atoms with E-state index in [9.17, 15) is 4.39 Å². The number of nitrogens with zero attached hydrogens (tertiary/aromatic N) is 1. The monoisotopic (exact) mass is 278 g/mol. The van der Waals surface area contributed by atoms with Crippen molar-refractivity contribution >= 4 is 0 Å². The predicted molar refractivity (Wildman–Crippen MR) is 82.0 cm³/mol. The molecule has 1 aliphatic heterocycles. The zero-order chi connectivity index (χ0) is 14.5. The second-order valence-electron chi connectivity index (χ2n) is 6.06. The quantitative estimate of drug-likeness (QED) is 0.909. The molecule has 0 saturated carbocycles. The van der Waals surface area contributed by atoms with E-state index in [0.717, 1.165) is 24.6 Å². The van der Waals surface area contributed by atoms with Gasteiger partial charge < -0.3 is 5.73 Å². The van der Waals surface area contributed by atoms with Crippen molar-refractivity contribution in [2.75, 3.05) is 13.1 Å². The van der Waals surface area contributed by atoms with E-state index in [2.05, 4.69) is 18.7 Å². The van der Waals surface area contributed by atoms with E-state index in [-0.39, 0.29) is 11.9 Å². The van der Waals surface area contributed by atoms with Crippen molar-refractivity contribution in [3.05, 3.63) is 35.6 Å². The summed E-state index contributed by atoms with van der Waals surface area (Å²) in [6, 6.07) is 6.87. The van der Waals surface area contributed by atoms with E-state index in [1.165, 1.54) is 37.8 Å². The Morgan fingerprint density at radius 3 is 2.60 bits per heavy atom. The highest BCUT2D eigenvalue weighted by molar-refractivity contribution is 5.21. The van der Waals surface area contributed by atoms with Gasteiger partial charge in [-0.2, -0.15) is 0 Å². The van der Waals surface area contributed by atoms with E-state index in [1.807, 2.05) is 12.1 Å². The Kier molecular flexibility index (Phi) is 5.55. The Morgan fingerprint density at radius 2 is 1.95 bits per heavy atom. The molecule has 3 atom stereocenters. The molecular weight excluding hydrogens is 251 g/mol. The van der Waals surface area contributed by atoms with Gasteiger partial charge in [0.2, 0.25) is 0 Å². The topological polar surface area (TPSA) is 29.3 Å². The van der Waals surface area contributed by atoms with E-state index in [1.54, 1.807) is 0 Å². The summed E-state index contributed by atoms with van der Waals surface area (Å²) in [6.07, 6.45) is 5.16. The number of likely N-dealkylation sites (tertiary alicyclic amines) is 1. The second-order valence-corrected chi connectivity index (χ2v) is 6.06. The van der Waals surface area contributed by atoms with Crippen LogP contribution in [0.1, 0.15) is 51.1 Å². The van der Waals surface area contributed by atoms with Crippen molar-refractivity contribution in [1.29, 1.82) is 0 Å². The Hall–Kier alpha value is -0.930. The van der Waals surface area contributed by atoms with Gasteiger partial charge in [-0.1, -0.05) is 25.5 Å². The van der Waals surface area contributed by atoms with Crippen molar-refractivity contribution in [2.24, 2.45) is 11.7 Å². The standard InChI is InChI=1S/C17H27FN2/c1-3-14-5-4-11-20(12-10-14)13(2)17(19)15-6-8-16(18)9-7-15/h6-9,13-14,17H,3-5,10-12,19H2,1-2H3. The molecule has 0 aliphatic carbocycles. The zero-order valence-electron chi connectivity index (χ0n) is 12.7. The van der Waals surface area contributed by atoms with Gasteiger partial charge in [-0.25, -0.2) is 4.39 Å². The summed E-state index contributed by atoms with van der Waals surface area (Å²) in [5, 5.41) is 0. The third-order valence-corrected chi connectivity index (χ3v) is 4.81. The number of hydrogen-bond donors (Lipinski definition) is 1. The minimum absolute atomic E-state index is 0.0474. The number of halogens is 1. The third kappa shape index (κ3) is 3.80. The molecule has 0 aromatic heterocycles. The molecule has 2 nitrogen and oxygen atoms in total. The van der Waals surface area contributed by atoms with E-state index < -0.39 is 0 Å². The van der Waals surface area contributed by atoms with Gasteiger partial charge in [0.25, 0.3) is 0 Å². The van der Waals surface area contributed by atoms with Crippen molar-refractivity contribution in [2.45, 2.75) is 51.6 Å². The molecule has 0 spiro atoms. The summed E-state index contributed by atoms with van der Waals surface area (Å²) in [7, 11) is 0. The van der Waals surface area contributed by atoms with Gasteiger partial charge in [-0.15, -0.1) is 0 Å². The lowest BCUT2D eigenvalue weighted by atomic mass is 9.98. The van der Waals surface area contributed by atoms with Crippen LogP contribution in [0.2, 0.25) is 0 Å². The molecular formula is C17H27FN2. The highest BCUT2D eigenvalue weighted by Gasteiger charge is 2.24. The fourth-order valence-corrected chi connectivity index (χ4v) is 3.19. The Bertz CT molecular complexity index is 404. The summed E-state index contributed by atoms with van der Waals surface area (Å²) in [5.74, 6) is 0.670. The van der Waals surface area contributed by atoms with Crippen molar-refractivity contribution in [1.82, 2.24) is 4.90 Å². The van der Waals surface area contributed by atoms with Gasteiger partial charge in [0, 0.05) is 12.1 Å². The summed E-state index contributed by atoms with van der Waals surface area (Å²) < 4.78 is 13.0. The van der Waals surface area contributed by atoms with Gasteiger partial charge >= 0.3 is 0 Å². The number of nitrogens with two attached hydrogens (primary N) is 1. The Balaban J connectivity index is 1.99. The first-order valence-corrected chi connectivity index (χ1v) is 7.87. The Morgan fingerprint density at radius 1 is 1.25 bits per heavy atom. The smallest absolute Gasteiger partial charge is 0.123 e. The van der Waals surface area contributed by atoms with Crippen LogP contribution in [0, 0.1) is 11.7 Å². The molecule has 2 rings (SSSR count). The maximum Gasteiger partial charge on any atom is 0.123 e. The molecule has 112 valence electrons. The van der Waals surface area contributed by atoms with Gasteiger partial charge in [-0.3, -0.25) is 4.90 Å². The fourth-order valence-electron chi connectivity index (χ4n) is 3.19. The van der Waals surface area contributed by atoms with E-state index >= 15 is 0 Å². The van der Waals surface area contributed by atoms with Crippen LogP contribution in [-0.4, -0.2) is 24.0 Å². The van der Waals surface area contributed by atoms with Gasteiger partial charge in [0.15, 0.2) is 0 Å². The number of hydrogen-bond acceptors (Lipinski definition) is 2. The molecule has 3 heteroatoms. The molecule has 1 saturated heterocycles. The molecule has 3 unspecified atom stereocenters. The van der Waals surface area contributed by atoms with E-state index in [0.29, 0.717) is 6.04 Å². The molecule has 0 amide bonds. The van der Waals surface area contributed by atoms with Crippen LogP contribution < -0.4 is 5.73 Å². The first kappa shape index (κ1) is 15.5. The average molecular weight is 278 g/mol. The van der Waals surface area contributed by atoms with Gasteiger partial charge in [0.05, 0.1) is 0 Å². The summed E-state index contributed by atoms with van der Waals surface area (Å²) in [6.45, 7) is 6.75. The molecule has 1 heterocycles. The van der Waals surface area contributed by atoms with Crippen molar-refractivity contribution < 1.29 is 4.39 Å². The summed E-state index contributed by atoms with van der Waals surface area (Å²) >= 11 is 0. The minimum Gasteiger partial charge on any atom is -0.323 e. The highest BCUT2D eigenvalue weighted by atomic mass is 19.1. The molecule has 1 aromatic carbocycles. The average Bonchev–Trinajstić information content (AvgIpc) is 2.72. The van der Waals surface area contributed by atoms with E-state index in [4.69, 9.17) is 5.73 Å². The van der Waals surface area contributed by atoms with Gasteiger partial charge in [0.1, 0.15) is 5.82 Å². The van der Waals surface area contributed by atoms with Crippen molar-refractivity contribution in [3.8, 4) is 0 Å². The largest absolute Gasteiger partial charge is 0.323 e. The third-order valence-electron chi connectivity index (χ3n) is 4.81. The molecule has 20 heavy (non-hydrogen) atoms. The summed E-state index contributed by atoms with van der Waals surface area (Å²) in [5.41, 5.74) is 7.40. The molecule has 1 aromatic rings. The SMILES string of the molecule is CCC1CCCN(C(C)C(N)c2ccc(F)cc2)CC1. The second kappa shape index (κ2) is 7.19. The van der Waals surface area contributed by atoms with Crippen LogP contribution in [0.3, 0.4) is 0 Å². The molecule has 1 fully saturated rings. The van der Waals surface area contributed by atoms with Crippen LogP contribution in [-0.2, 0) is 0 Å². The zero-order valence-corrected chi connectivity index (χ0v) is 12.7. The molecule has 2 N–H and O–H groups in total. The maximum absolute atomic E-state index is 13.0. The Labute approximate surface area is 122 Å². The number of rotatable bonds is 4. The lowest BCUT2D eigenvalue weighted by Gasteiger charge is -2.32. The van der Waals surface area contributed by atoms with Crippen LogP contribution in [0.25, 0.3) is 0 Å². The lowest BCUT2D eigenvalue weighted by Crippen LogP contribution is -2.41. The predicted octanol–water partition coefficient (Wildman–Crippen LogP) is 3.73. The molecule has 0 bridgehead atoms. The summed E-state index contributed by atoms with van der Waals surface area (Å²) in [4.78, 5) is 2.50.